The third kappa shape index (κ3) is 3.60. The molecule has 2 atom stereocenters. The van der Waals surface area contributed by atoms with Gasteiger partial charge in [0.25, 0.3) is 5.91 Å². The zero-order valence-corrected chi connectivity index (χ0v) is 13.2. The second-order valence-electron chi connectivity index (χ2n) is 5.36. The average molecular weight is 350 g/mol. The van der Waals surface area contributed by atoms with E-state index in [1.54, 1.807) is 6.92 Å². The number of fused-ring (bicyclic) bond motifs is 2. The van der Waals surface area contributed by atoms with Gasteiger partial charge in [0.15, 0.2) is 0 Å². The molecule has 12 heteroatoms. The number of nitrogens with two attached hydrogens (primary N) is 1. The zero-order chi connectivity index (χ0) is 17.4. The summed E-state index contributed by atoms with van der Waals surface area (Å²) in [7, 11) is -4.85. The molecule has 2 rings (SSSR count). The van der Waals surface area contributed by atoms with Crippen molar-refractivity contribution in [3.63, 3.8) is 0 Å². The van der Waals surface area contributed by atoms with Gasteiger partial charge in [0.2, 0.25) is 5.91 Å². The van der Waals surface area contributed by atoms with Gasteiger partial charge in [0, 0.05) is 13.0 Å². The summed E-state index contributed by atoms with van der Waals surface area (Å²) in [6, 6.07) is -2.45. The van der Waals surface area contributed by atoms with Crippen LogP contribution in [0.5, 0.6) is 0 Å². The predicted octanol–water partition coefficient (Wildman–Crippen LogP) is -0.982. The molecule has 3 N–H and O–H groups in total. The maximum Gasteiger partial charge on any atom is 0.418 e. The minimum absolute atomic E-state index is 0.0422. The van der Waals surface area contributed by atoms with Crippen LogP contribution in [-0.2, 0) is 24.3 Å². The Balaban J connectivity index is 2.12. The third-order valence-electron chi connectivity index (χ3n) is 3.75. The lowest BCUT2D eigenvalue weighted by molar-refractivity contribution is -0.148. The van der Waals surface area contributed by atoms with Gasteiger partial charge >= 0.3 is 16.4 Å². The van der Waals surface area contributed by atoms with Crippen LogP contribution in [0.1, 0.15) is 32.6 Å². The summed E-state index contributed by atoms with van der Waals surface area (Å²) < 4.78 is 34.5. The summed E-state index contributed by atoms with van der Waals surface area (Å²) in [6.45, 7) is 1.80. The Kier molecular flexibility index (Phi) is 4.89. The number of hydrazine groups is 1. The van der Waals surface area contributed by atoms with Gasteiger partial charge in [-0.2, -0.15) is 13.5 Å². The van der Waals surface area contributed by atoms with Crippen LogP contribution in [0, 0.1) is 0 Å². The second-order valence-corrected chi connectivity index (χ2v) is 6.37. The van der Waals surface area contributed by atoms with E-state index in [1.165, 1.54) is 0 Å². The van der Waals surface area contributed by atoms with E-state index in [0.29, 0.717) is 16.5 Å². The minimum Gasteiger partial charge on any atom is -0.309 e. The van der Waals surface area contributed by atoms with Crippen LogP contribution in [0.15, 0.2) is 0 Å². The number of urea groups is 1. The summed E-state index contributed by atoms with van der Waals surface area (Å²) in [5.41, 5.74) is 0. The van der Waals surface area contributed by atoms with E-state index >= 15 is 0 Å². The fourth-order valence-corrected chi connectivity index (χ4v) is 3.09. The number of amides is 4. The number of hydrogen-bond donors (Lipinski definition) is 2. The molecule has 0 saturated carbocycles. The highest BCUT2D eigenvalue weighted by Gasteiger charge is 2.50. The maximum absolute atomic E-state index is 12.3. The van der Waals surface area contributed by atoms with E-state index in [2.05, 4.69) is 4.28 Å². The minimum atomic E-state index is -4.85. The molecule has 0 unspecified atom stereocenters. The van der Waals surface area contributed by atoms with E-state index in [1.807, 2.05) is 0 Å². The summed E-state index contributed by atoms with van der Waals surface area (Å²) in [5, 5.41) is 1.02. The smallest absolute Gasteiger partial charge is 0.309 e. The summed E-state index contributed by atoms with van der Waals surface area (Å²) in [4.78, 5) is 37.2. The molecule has 0 aromatic rings. The molecule has 2 saturated heterocycles. The lowest BCUT2D eigenvalue weighted by atomic mass is 10.00. The van der Waals surface area contributed by atoms with Gasteiger partial charge in [-0.05, 0) is 19.3 Å². The number of hydroxylamine groups is 2. The molecule has 2 aliphatic rings. The monoisotopic (exact) mass is 350 g/mol. The lowest BCUT2D eigenvalue weighted by Gasteiger charge is -2.31. The number of piperidine rings is 1. The van der Waals surface area contributed by atoms with Gasteiger partial charge in [0.05, 0.1) is 6.04 Å². The van der Waals surface area contributed by atoms with Crippen LogP contribution in [0.2, 0.25) is 0 Å². The first kappa shape index (κ1) is 17.6. The van der Waals surface area contributed by atoms with Gasteiger partial charge in [-0.3, -0.25) is 14.1 Å². The van der Waals surface area contributed by atoms with Gasteiger partial charge < -0.3 is 4.90 Å². The molecule has 2 heterocycles. The third-order valence-corrected chi connectivity index (χ3v) is 4.10. The predicted molar refractivity (Wildman–Crippen MR) is 74.3 cm³/mol. The normalized spacial score (nSPS) is 24.0. The molecule has 2 aliphatic heterocycles. The quantitative estimate of drug-likeness (QED) is 0.278. The van der Waals surface area contributed by atoms with Crippen molar-refractivity contribution in [1.29, 1.82) is 0 Å². The zero-order valence-electron chi connectivity index (χ0n) is 12.4. The molecule has 130 valence electrons. The molecule has 0 aromatic carbocycles. The fraction of sp³-hybridized carbons (Fsp3) is 0.727. The number of rotatable bonds is 5. The maximum atomic E-state index is 12.3. The lowest BCUT2D eigenvalue weighted by Crippen LogP contribution is -2.55. The first-order chi connectivity index (χ1) is 10.7. The van der Waals surface area contributed by atoms with Crippen molar-refractivity contribution in [3.05, 3.63) is 0 Å². The molecule has 0 aliphatic carbocycles. The second kappa shape index (κ2) is 6.39. The highest BCUT2D eigenvalue weighted by Crippen LogP contribution is 2.31. The summed E-state index contributed by atoms with van der Waals surface area (Å²) in [6.07, 6.45) is 1.09. The first-order valence-electron chi connectivity index (χ1n) is 7.04. The molecule has 11 nitrogen and oxygen atoms in total. The van der Waals surface area contributed by atoms with Crippen LogP contribution in [-0.4, -0.2) is 64.4 Å². The Morgan fingerprint density at radius 2 is 2.09 bits per heavy atom. The van der Waals surface area contributed by atoms with Gasteiger partial charge in [-0.25, -0.2) is 15.6 Å². The van der Waals surface area contributed by atoms with E-state index in [9.17, 15) is 22.8 Å². The Hall–Kier alpha value is -1.76. The Labute approximate surface area is 132 Å². The largest absolute Gasteiger partial charge is 0.418 e. The van der Waals surface area contributed by atoms with Crippen molar-refractivity contribution in [2.75, 3.05) is 6.54 Å². The first-order valence-corrected chi connectivity index (χ1v) is 8.40. The van der Waals surface area contributed by atoms with E-state index in [4.69, 9.17) is 10.4 Å². The molecule has 2 fully saturated rings. The molecule has 0 radical (unpaired) electrons. The van der Waals surface area contributed by atoms with Gasteiger partial charge in [-0.15, -0.1) is 4.28 Å². The molecular weight excluding hydrogens is 332 g/mol. The van der Waals surface area contributed by atoms with Gasteiger partial charge in [-0.1, -0.05) is 6.92 Å². The molecule has 23 heavy (non-hydrogen) atoms. The van der Waals surface area contributed by atoms with Crippen molar-refractivity contribution in [2.45, 2.75) is 44.7 Å². The summed E-state index contributed by atoms with van der Waals surface area (Å²) in [5.74, 6) is 4.22. The molecular formula is C11H18N4O7S. The van der Waals surface area contributed by atoms with E-state index in [-0.39, 0.29) is 25.8 Å². The number of nitrogens with zero attached hydrogens (tertiary/aromatic N) is 3. The topological polar surface area (TPSA) is 151 Å². The van der Waals surface area contributed by atoms with Crippen molar-refractivity contribution in [2.24, 2.45) is 5.84 Å². The summed E-state index contributed by atoms with van der Waals surface area (Å²) >= 11 is 0. The van der Waals surface area contributed by atoms with E-state index < -0.39 is 40.3 Å². The van der Waals surface area contributed by atoms with Crippen LogP contribution in [0.3, 0.4) is 0 Å². The highest BCUT2D eigenvalue weighted by atomic mass is 32.3. The fourth-order valence-electron chi connectivity index (χ4n) is 2.71. The van der Waals surface area contributed by atoms with Crippen molar-refractivity contribution in [3.8, 4) is 0 Å². The number of carbonyl (C=O) groups excluding carboxylic acids is 3. The molecule has 0 aromatic heterocycles. The van der Waals surface area contributed by atoms with Crippen molar-refractivity contribution in [1.82, 2.24) is 15.0 Å². The van der Waals surface area contributed by atoms with Crippen LogP contribution < -0.4 is 5.84 Å². The Bertz CT molecular complexity index is 622. The Morgan fingerprint density at radius 3 is 2.65 bits per heavy atom. The van der Waals surface area contributed by atoms with Crippen molar-refractivity contribution < 1.29 is 31.6 Å². The van der Waals surface area contributed by atoms with Crippen molar-refractivity contribution >= 4 is 28.2 Å². The molecule has 2 bridgehead atoms. The van der Waals surface area contributed by atoms with Crippen LogP contribution in [0.25, 0.3) is 0 Å². The van der Waals surface area contributed by atoms with E-state index in [0.717, 1.165) is 4.90 Å². The van der Waals surface area contributed by atoms with Crippen LogP contribution >= 0.6 is 0 Å². The molecule has 4 amide bonds. The number of imide groups is 1. The average Bonchev–Trinajstić information content (AvgIpc) is 2.70. The molecule has 0 spiro atoms. The van der Waals surface area contributed by atoms with Gasteiger partial charge in [0.1, 0.15) is 6.04 Å². The Morgan fingerprint density at radius 1 is 1.43 bits per heavy atom. The highest BCUT2D eigenvalue weighted by molar-refractivity contribution is 7.80. The standard InChI is InChI=1S/C11H18N4O7S/c1-2-3-9(16)14(12)10(17)8-5-4-7-6-13(8)11(18)15(7)22-23(19,20)21/h7-8H,2-6,12H2,1H3,(H,19,20,21)/t7-,8+/m0/s1. The number of carbonyl (C=O) groups is 3. The number of hydrogen-bond acceptors (Lipinski definition) is 7. The van der Waals surface area contributed by atoms with Crippen LogP contribution in [0.4, 0.5) is 4.79 Å². The SMILES string of the molecule is CCCC(=O)N(N)C(=O)[C@H]1CC[C@H]2CN1C(=O)N2OS(=O)(=O)O.